The van der Waals surface area contributed by atoms with Crippen molar-refractivity contribution in [3.05, 3.63) is 40.6 Å². The molecule has 0 radical (unpaired) electrons. The van der Waals surface area contributed by atoms with E-state index in [1.807, 2.05) is 0 Å². The van der Waals surface area contributed by atoms with E-state index < -0.39 is 0 Å². The van der Waals surface area contributed by atoms with Crippen LogP contribution in [0.3, 0.4) is 0 Å². The molecule has 0 amide bonds. The van der Waals surface area contributed by atoms with E-state index in [1.54, 1.807) is 24.3 Å². The number of hydrogen-bond acceptors (Lipinski definition) is 2. The van der Waals surface area contributed by atoms with E-state index in [0.29, 0.717) is 5.69 Å². The van der Waals surface area contributed by atoms with Crippen LogP contribution in [0.2, 0.25) is 0 Å². The van der Waals surface area contributed by atoms with Crippen LogP contribution in [0.25, 0.3) is 0 Å². The van der Waals surface area contributed by atoms with E-state index in [2.05, 4.69) is 0 Å². The summed E-state index contributed by atoms with van der Waals surface area (Å²) in [5.41, 5.74) is 5.45. The Labute approximate surface area is 69.0 Å². The molecule has 0 aliphatic carbocycles. The molecule has 1 aromatic rings. The van der Waals surface area contributed by atoms with Crippen LogP contribution in [0.4, 0.5) is 5.69 Å². The third kappa shape index (κ3) is 2.20. The Hall–Kier alpha value is -0.816. The summed E-state index contributed by atoms with van der Waals surface area (Å²) in [6, 6.07) is 8.19. The monoisotopic (exact) mass is 179 g/mol. The molecular formula is C7H7NNiO. The summed E-state index contributed by atoms with van der Waals surface area (Å²) in [6.07, 6.45) is 0. The van der Waals surface area contributed by atoms with Crippen LogP contribution in [0.5, 0.6) is 0 Å². The Bertz CT molecular complexity index is 261. The van der Waals surface area contributed by atoms with Gasteiger partial charge in [-0.2, -0.15) is 0 Å². The fourth-order valence-corrected chi connectivity index (χ4v) is 0.545. The number of rotatable bonds is 0. The fourth-order valence-electron chi connectivity index (χ4n) is 0.545. The molecule has 1 aromatic carbocycles. The van der Waals surface area contributed by atoms with Gasteiger partial charge in [-0.1, -0.05) is 18.2 Å². The van der Waals surface area contributed by atoms with Gasteiger partial charge < -0.3 is 5.73 Å². The molecule has 0 atom stereocenters. The van der Waals surface area contributed by atoms with Gasteiger partial charge >= 0.3 is 0 Å². The largest absolute Gasteiger partial charge is 0.396 e. The second-order valence-corrected chi connectivity index (χ2v) is 1.73. The molecule has 3 heteroatoms. The first-order valence-electron chi connectivity index (χ1n) is 2.65. The van der Waals surface area contributed by atoms with Crippen LogP contribution in [0.15, 0.2) is 35.1 Å². The molecule has 56 valence electrons. The van der Waals surface area contributed by atoms with Crippen molar-refractivity contribution >= 4 is 5.69 Å². The fraction of sp³-hybridized carbons (Fsp3) is 0. The van der Waals surface area contributed by atoms with Gasteiger partial charge in [-0.3, -0.25) is 4.79 Å². The van der Waals surface area contributed by atoms with Crippen LogP contribution >= 0.6 is 0 Å². The summed E-state index contributed by atoms with van der Waals surface area (Å²) in [6.45, 7) is 0. The first-order valence-corrected chi connectivity index (χ1v) is 2.65. The minimum absolute atomic E-state index is 0. The summed E-state index contributed by atoms with van der Waals surface area (Å²) in [5, 5.41) is 0. The van der Waals surface area contributed by atoms with Gasteiger partial charge in [0.05, 0.1) is 5.69 Å². The summed E-state index contributed by atoms with van der Waals surface area (Å²) in [4.78, 5) is 10.7. The molecule has 0 fully saturated rings. The molecule has 0 heterocycles. The Morgan fingerprint density at radius 1 is 1.10 bits per heavy atom. The average molecular weight is 180 g/mol. The van der Waals surface area contributed by atoms with Crippen molar-refractivity contribution in [1.82, 2.24) is 0 Å². The molecule has 0 aliphatic heterocycles. The zero-order chi connectivity index (χ0) is 6.69. The van der Waals surface area contributed by atoms with Gasteiger partial charge in [-0.15, -0.1) is 0 Å². The molecule has 2 nitrogen and oxygen atoms in total. The summed E-state index contributed by atoms with van der Waals surface area (Å²) >= 11 is 0. The Morgan fingerprint density at radius 2 is 1.70 bits per heavy atom. The molecule has 0 aliphatic rings. The van der Waals surface area contributed by atoms with Gasteiger partial charge in [0, 0.05) is 16.5 Å². The van der Waals surface area contributed by atoms with Crippen molar-refractivity contribution in [1.29, 1.82) is 0 Å². The zero-order valence-corrected chi connectivity index (χ0v) is 6.18. The first-order chi connectivity index (χ1) is 4.30. The van der Waals surface area contributed by atoms with Crippen LogP contribution < -0.4 is 11.2 Å². The van der Waals surface area contributed by atoms with Crippen LogP contribution in [-0.2, 0) is 16.5 Å². The van der Waals surface area contributed by atoms with Crippen molar-refractivity contribution in [3.8, 4) is 0 Å². The van der Waals surface area contributed by atoms with Crippen LogP contribution in [0, 0.1) is 0 Å². The standard InChI is InChI=1S/C7H7NO.Ni/c8-6-4-2-1-3-5-7(6)9;/h1-5H,(H2,8,9);. The number of hydrogen-bond donors (Lipinski definition) is 1. The molecular weight excluding hydrogens is 173 g/mol. The average Bonchev–Trinajstić information content (AvgIpc) is 1.99. The number of anilines is 1. The normalized spacial score (nSPS) is 8.00. The second kappa shape index (κ2) is 4.07. The maximum absolute atomic E-state index is 10.7. The summed E-state index contributed by atoms with van der Waals surface area (Å²) in [5.74, 6) is 0. The Balaban J connectivity index is 0.000000810. The van der Waals surface area contributed by atoms with Gasteiger partial charge in [0.15, 0.2) is 0 Å². The molecule has 1 rings (SSSR count). The summed E-state index contributed by atoms with van der Waals surface area (Å²) < 4.78 is 0. The molecule has 0 saturated carbocycles. The maximum atomic E-state index is 10.7. The molecule has 10 heavy (non-hydrogen) atoms. The predicted octanol–water partition coefficient (Wildman–Crippen LogP) is 0.627. The molecule has 0 unspecified atom stereocenters. The second-order valence-electron chi connectivity index (χ2n) is 1.73. The van der Waals surface area contributed by atoms with Gasteiger partial charge in [0.2, 0.25) is 5.43 Å². The van der Waals surface area contributed by atoms with Gasteiger partial charge in [0.25, 0.3) is 0 Å². The van der Waals surface area contributed by atoms with E-state index >= 15 is 0 Å². The van der Waals surface area contributed by atoms with Gasteiger partial charge in [0.1, 0.15) is 0 Å². The quantitative estimate of drug-likeness (QED) is 0.594. The van der Waals surface area contributed by atoms with E-state index in [0.717, 1.165) is 0 Å². The minimum Gasteiger partial charge on any atom is -0.396 e. The van der Waals surface area contributed by atoms with Crippen molar-refractivity contribution in [2.75, 3.05) is 5.73 Å². The SMILES string of the molecule is Nc1cccccc1=O.[Ni]. The van der Waals surface area contributed by atoms with E-state index in [9.17, 15) is 4.79 Å². The van der Waals surface area contributed by atoms with Gasteiger partial charge in [-0.05, 0) is 12.1 Å². The third-order valence-electron chi connectivity index (χ3n) is 1.03. The van der Waals surface area contributed by atoms with Crippen molar-refractivity contribution in [2.24, 2.45) is 0 Å². The van der Waals surface area contributed by atoms with Crippen molar-refractivity contribution in [3.63, 3.8) is 0 Å². The molecule has 0 aromatic heterocycles. The first kappa shape index (κ1) is 9.18. The number of nitrogens with two attached hydrogens (primary N) is 1. The topological polar surface area (TPSA) is 43.1 Å². The van der Waals surface area contributed by atoms with Crippen molar-refractivity contribution < 1.29 is 16.5 Å². The van der Waals surface area contributed by atoms with E-state index in [-0.39, 0.29) is 21.9 Å². The van der Waals surface area contributed by atoms with E-state index in [4.69, 9.17) is 5.73 Å². The Kier molecular flexibility index (Phi) is 3.74. The third-order valence-corrected chi connectivity index (χ3v) is 1.03. The molecule has 2 N–H and O–H groups in total. The van der Waals surface area contributed by atoms with E-state index in [1.165, 1.54) is 6.07 Å². The molecule has 0 spiro atoms. The predicted molar refractivity (Wildman–Crippen MR) is 37.1 cm³/mol. The van der Waals surface area contributed by atoms with Crippen LogP contribution in [-0.4, -0.2) is 0 Å². The maximum Gasteiger partial charge on any atom is 0.201 e. The minimum atomic E-state index is -0.125. The summed E-state index contributed by atoms with van der Waals surface area (Å²) in [7, 11) is 0. The van der Waals surface area contributed by atoms with Crippen molar-refractivity contribution in [2.45, 2.75) is 0 Å². The zero-order valence-electron chi connectivity index (χ0n) is 5.19. The number of nitrogen functional groups attached to an aromatic ring is 1. The van der Waals surface area contributed by atoms with Crippen LogP contribution in [0.1, 0.15) is 0 Å². The van der Waals surface area contributed by atoms with Gasteiger partial charge in [-0.25, -0.2) is 0 Å². The molecule has 0 bridgehead atoms. The Morgan fingerprint density at radius 3 is 2.40 bits per heavy atom. The molecule has 0 saturated heterocycles. The smallest absolute Gasteiger partial charge is 0.201 e.